The van der Waals surface area contributed by atoms with Gasteiger partial charge in [0.25, 0.3) is 0 Å². The summed E-state index contributed by atoms with van der Waals surface area (Å²) in [5.74, 6) is 0.897. The Kier molecular flexibility index (Phi) is 13.1. The zero-order chi connectivity index (χ0) is 14.6. The number of halogens is 1. The average Bonchev–Trinajstić information content (AvgIpc) is 2.93. The number of nitrogens with one attached hydrogen (secondary N) is 2. The first-order chi connectivity index (χ1) is 9.80. The number of nitrogens with zero attached hydrogens (tertiary/aromatic N) is 2. The molecule has 0 aliphatic carbocycles. The van der Waals surface area contributed by atoms with Crippen molar-refractivity contribution in [3.05, 3.63) is 16.1 Å². The fourth-order valence-electron chi connectivity index (χ4n) is 1.89. The lowest BCUT2D eigenvalue weighted by Crippen LogP contribution is -2.38. The van der Waals surface area contributed by atoms with Crippen molar-refractivity contribution in [3.8, 4) is 0 Å². The standard InChI is InChI=1S/C15H28N4S.HI/c1-4-6-7-8-10-17-15(16-3)18-11-9-14-19-12-13(5-2)20-14;/h12H,4-11H2,1-3H3,(H2,16,17,18);1H. The van der Waals surface area contributed by atoms with Crippen LogP contribution in [0, 0.1) is 0 Å². The lowest BCUT2D eigenvalue weighted by molar-refractivity contribution is 0.647. The zero-order valence-corrected chi connectivity index (χ0v) is 16.6. The third-order valence-electron chi connectivity index (χ3n) is 3.13. The van der Waals surface area contributed by atoms with Gasteiger partial charge in [0.05, 0.1) is 5.01 Å². The first-order valence-corrected chi connectivity index (χ1v) is 8.49. The van der Waals surface area contributed by atoms with Gasteiger partial charge in [-0.2, -0.15) is 0 Å². The fraction of sp³-hybridized carbons (Fsp3) is 0.733. The molecule has 1 aromatic heterocycles. The average molecular weight is 424 g/mol. The van der Waals surface area contributed by atoms with Crippen LogP contribution in [0.5, 0.6) is 0 Å². The normalized spacial score (nSPS) is 11.1. The van der Waals surface area contributed by atoms with E-state index in [1.807, 2.05) is 24.6 Å². The van der Waals surface area contributed by atoms with Gasteiger partial charge in [-0.1, -0.05) is 33.1 Å². The van der Waals surface area contributed by atoms with Crippen molar-refractivity contribution in [3.63, 3.8) is 0 Å². The Hall–Kier alpha value is -0.370. The minimum absolute atomic E-state index is 0. The summed E-state index contributed by atoms with van der Waals surface area (Å²) in [4.78, 5) is 10.0. The van der Waals surface area contributed by atoms with E-state index in [0.717, 1.165) is 31.9 Å². The predicted octanol–water partition coefficient (Wildman–Crippen LogP) is 3.61. The van der Waals surface area contributed by atoms with Gasteiger partial charge in [-0.15, -0.1) is 35.3 Å². The number of hydrogen-bond acceptors (Lipinski definition) is 3. The number of aliphatic imine (C=N–C) groups is 1. The summed E-state index contributed by atoms with van der Waals surface area (Å²) in [5.41, 5.74) is 0. The SMILES string of the molecule is CCCCCCNC(=NC)NCCc1ncc(CC)s1.I. The van der Waals surface area contributed by atoms with E-state index < -0.39 is 0 Å². The van der Waals surface area contributed by atoms with Crippen molar-refractivity contribution in [2.45, 2.75) is 52.4 Å². The van der Waals surface area contributed by atoms with Crippen molar-refractivity contribution in [2.75, 3.05) is 20.1 Å². The zero-order valence-electron chi connectivity index (χ0n) is 13.4. The number of aromatic nitrogens is 1. The van der Waals surface area contributed by atoms with Crippen LogP contribution in [0.1, 0.15) is 49.4 Å². The van der Waals surface area contributed by atoms with Crippen LogP contribution >= 0.6 is 35.3 Å². The number of aryl methyl sites for hydroxylation is 1. The van der Waals surface area contributed by atoms with Crippen LogP contribution in [-0.2, 0) is 12.8 Å². The van der Waals surface area contributed by atoms with Gasteiger partial charge in [-0.3, -0.25) is 4.99 Å². The molecule has 0 unspecified atom stereocenters. The molecule has 6 heteroatoms. The van der Waals surface area contributed by atoms with Crippen molar-refractivity contribution in [1.82, 2.24) is 15.6 Å². The molecule has 0 radical (unpaired) electrons. The molecule has 0 aromatic carbocycles. The minimum Gasteiger partial charge on any atom is -0.356 e. The first kappa shape index (κ1) is 20.6. The highest BCUT2D eigenvalue weighted by atomic mass is 127. The summed E-state index contributed by atoms with van der Waals surface area (Å²) in [5, 5.41) is 7.90. The second-order valence-electron chi connectivity index (χ2n) is 4.81. The number of guanidine groups is 1. The molecule has 0 saturated heterocycles. The molecule has 0 aliphatic heterocycles. The number of thiazole rings is 1. The molecule has 0 fully saturated rings. The second kappa shape index (κ2) is 13.3. The van der Waals surface area contributed by atoms with Gasteiger partial charge in [-0.25, -0.2) is 4.98 Å². The summed E-state index contributed by atoms with van der Waals surface area (Å²) < 4.78 is 0. The molecule has 0 saturated carbocycles. The Bertz CT molecular complexity index is 393. The molecule has 0 atom stereocenters. The minimum atomic E-state index is 0. The third kappa shape index (κ3) is 9.29. The van der Waals surface area contributed by atoms with Crippen molar-refractivity contribution in [1.29, 1.82) is 0 Å². The van der Waals surface area contributed by atoms with E-state index in [0.29, 0.717) is 0 Å². The fourth-order valence-corrected chi connectivity index (χ4v) is 2.76. The van der Waals surface area contributed by atoms with Gasteiger partial charge in [0.15, 0.2) is 5.96 Å². The van der Waals surface area contributed by atoms with Crippen LogP contribution in [0.4, 0.5) is 0 Å². The molecule has 1 rings (SSSR count). The van der Waals surface area contributed by atoms with E-state index in [-0.39, 0.29) is 24.0 Å². The number of unbranched alkanes of at least 4 members (excludes halogenated alkanes) is 3. The molecule has 21 heavy (non-hydrogen) atoms. The van der Waals surface area contributed by atoms with Crippen LogP contribution in [-0.4, -0.2) is 31.1 Å². The molecule has 1 aromatic rings. The second-order valence-corrected chi connectivity index (χ2v) is 6.01. The molecule has 4 nitrogen and oxygen atoms in total. The summed E-state index contributed by atoms with van der Waals surface area (Å²) in [7, 11) is 1.82. The molecule has 122 valence electrons. The Morgan fingerprint density at radius 2 is 1.95 bits per heavy atom. The van der Waals surface area contributed by atoms with Crippen molar-refractivity contribution >= 4 is 41.3 Å². The maximum Gasteiger partial charge on any atom is 0.190 e. The summed E-state index contributed by atoms with van der Waals surface area (Å²) in [6, 6.07) is 0. The molecule has 0 amide bonds. The molecule has 0 spiro atoms. The Labute approximate surface area is 150 Å². The van der Waals surface area contributed by atoms with Gasteiger partial charge in [-0.05, 0) is 12.8 Å². The highest BCUT2D eigenvalue weighted by Crippen LogP contribution is 2.13. The lowest BCUT2D eigenvalue weighted by Gasteiger charge is -2.11. The largest absolute Gasteiger partial charge is 0.356 e. The molecule has 0 aliphatic rings. The first-order valence-electron chi connectivity index (χ1n) is 7.68. The van der Waals surface area contributed by atoms with Crippen molar-refractivity contribution in [2.24, 2.45) is 4.99 Å². The van der Waals surface area contributed by atoms with E-state index >= 15 is 0 Å². The summed E-state index contributed by atoms with van der Waals surface area (Å²) in [6.45, 7) is 6.28. The monoisotopic (exact) mass is 424 g/mol. The highest BCUT2D eigenvalue weighted by Gasteiger charge is 2.01. The molecular formula is C15H29IN4S. The summed E-state index contributed by atoms with van der Waals surface area (Å²) in [6.07, 6.45) is 9.12. The Morgan fingerprint density at radius 1 is 1.19 bits per heavy atom. The Morgan fingerprint density at radius 3 is 2.57 bits per heavy atom. The summed E-state index contributed by atoms with van der Waals surface area (Å²) >= 11 is 1.81. The van der Waals surface area contributed by atoms with Gasteiger partial charge < -0.3 is 10.6 Å². The maximum atomic E-state index is 4.42. The van der Waals surface area contributed by atoms with Gasteiger partial charge in [0.1, 0.15) is 0 Å². The van der Waals surface area contributed by atoms with E-state index in [2.05, 4.69) is 34.5 Å². The van der Waals surface area contributed by atoms with Crippen LogP contribution in [0.15, 0.2) is 11.2 Å². The molecule has 0 bridgehead atoms. The third-order valence-corrected chi connectivity index (χ3v) is 4.33. The molecular weight excluding hydrogens is 395 g/mol. The van der Waals surface area contributed by atoms with Crippen molar-refractivity contribution < 1.29 is 0 Å². The van der Waals surface area contributed by atoms with Crippen LogP contribution < -0.4 is 10.6 Å². The van der Waals surface area contributed by atoms with Gasteiger partial charge >= 0.3 is 0 Å². The predicted molar refractivity (Wildman–Crippen MR) is 104 cm³/mol. The van der Waals surface area contributed by atoms with E-state index in [9.17, 15) is 0 Å². The number of hydrogen-bond donors (Lipinski definition) is 2. The topological polar surface area (TPSA) is 49.3 Å². The quantitative estimate of drug-likeness (QED) is 0.276. The van der Waals surface area contributed by atoms with E-state index in [4.69, 9.17) is 0 Å². The maximum absolute atomic E-state index is 4.42. The van der Waals surface area contributed by atoms with Crippen LogP contribution in [0.3, 0.4) is 0 Å². The molecule has 2 N–H and O–H groups in total. The van der Waals surface area contributed by atoms with E-state index in [1.165, 1.54) is 35.6 Å². The molecule has 1 heterocycles. The van der Waals surface area contributed by atoms with Crippen LogP contribution in [0.2, 0.25) is 0 Å². The smallest absolute Gasteiger partial charge is 0.190 e. The van der Waals surface area contributed by atoms with Gasteiger partial charge in [0, 0.05) is 37.6 Å². The number of rotatable bonds is 9. The van der Waals surface area contributed by atoms with E-state index in [1.54, 1.807) is 0 Å². The lowest BCUT2D eigenvalue weighted by atomic mass is 10.2. The highest BCUT2D eigenvalue weighted by molar-refractivity contribution is 14.0. The van der Waals surface area contributed by atoms with Gasteiger partial charge in [0.2, 0.25) is 0 Å². The van der Waals surface area contributed by atoms with Crippen LogP contribution in [0.25, 0.3) is 0 Å². The Balaban J connectivity index is 0.00000400.